The number of aliphatic hydroxyl groups excluding tert-OH is 1. The number of methoxy groups -OCH3 is 1. The molecule has 0 amide bonds. The van der Waals surface area contributed by atoms with Gasteiger partial charge in [0.2, 0.25) is 0 Å². The number of benzene rings is 2. The smallest absolute Gasteiger partial charge is 0.165 e. The molecule has 2 aromatic carbocycles. The van der Waals surface area contributed by atoms with Crippen molar-refractivity contribution in [1.29, 1.82) is 0 Å². The van der Waals surface area contributed by atoms with E-state index in [-0.39, 0.29) is 11.8 Å². The van der Waals surface area contributed by atoms with Gasteiger partial charge in [0.15, 0.2) is 11.6 Å². The highest BCUT2D eigenvalue weighted by atomic mass is 19.1. The fraction of sp³-hybridized carbons (Fsp3) is 0.400. The van der Waals surface area contributed by atoms with Gasteiger partial charge in [-0.15, -0.1) is 0 Å². The minimum atomic E-state index is -0.552. The molecule has 0 aromatic heterocycles. The summed E-state index contributed by atoms with van der Waals surface area (Å²) in [6.07, 6.45) is 1.80. The van der Waals surface area contributed by atoms with Crippen LogP contribution in [0.4, 0.5) is 4.39 Å². The van der Waals surface area contributed by atoms with Crippen molar-refractivity contribution >= 4 is 0 Å². The largest absolute Gasteiger partial charge is 0.494 e. The van der Waals surface area contributed by atoms with Gasteiger partial charge in [-0.3, -0.25) is 4.90 Å². The van der Waals surface area contributed by atoms with E-state index in [0.717, 1.165) is 29.8 Å². The van der Waals surface area contributed by atoms with Crippen molar-refractivity contribution in [2.24, 2.45) is 0 Å². The minimum Gasteiger partial charge on any atom is -0.494 e. The quantitative estimate of drug-likeness (QED) is 0.928. The molecule has 0 bridgehead atoms. The summed E-state index contributed by atoms with van der Waals surface area (Å²) in [5, 5.41) is 10.8. The van der Waals surface area contributed by atoms with Crippen LogP contribution in [0.3, 0.4) is 0 Å². The van der Waals surface area contributed by atoms with Gasteiger partial charge in [-0.05, 0) is 55.3 Å². The maximum atomic E-state index is 14.0. The van der Waals surface area contributed by atoms with E-state index in [0.29, 0.717) is 12.4 Å². The fourth-order valence-corrected chi connectivity index (χ4v) is 3.78. The molecule has 0 radical (unpaired) electrons. The lowest BCUT2D eigenvalue weighted by Crippen LogP contribution is -2.44. The summed E-state index contributed by atoms with van der Waals surface area (Å²) in [5.74, 6) is 0.506. The number of nitrogens with zero attached hydrogens (tertiary/aromatic N) is 1. The van der Waals surface area contributed by atoms with Crippen LogP contribution in [0.5, 0.6) is 11.5 Å². The lowest BCUT2D eigenvalue weighted by molar-refractivity contribution is 0.0140. The summed E-state index contributed by atoms with van der Waals surface area (Å²) < 4.78 is 24.9. The third-order valence-corrected chi connectivity index (χ3v) is 5.20. The van der Waals surface area contributed by atoms with E-state index in [1.165, 1.54) is 26.0 Å². The van der Waals surface area contributed by atoms with Crippen molar-refractivity contribution < 1.29 is 19.0 Å². The summed E-state index contributed by atoms with van der Waals surface area (Å²) in [6.45, 7) is 2.52. The Bertz CT molecular complexity index is 774. The fourth-order valence-electron chi connectivity index (χ4n) is 3.78. The number of hydrogen-bond acceptors (Lipinski definition) is 4. The lowest BCUT2D eigenvalue weighted by Gasteiger charge is -2.36. The van der Waals surface area contributed by atoms with Crippen LogP contribution in [0.25, 0.3) is 11.1 Å². The number of rotatable bonds is 3. The summed E-state index contributed by atoms with van der Waals surface area (Å²) in [6, 6.07) is 10.6. The molecule has 1 saturated heterocycles. The Morgan fingerprint density at radius 2 is 1.84 bits per heavy atom. The first-order valence-corrected chi connectivity index (χ1v) is 8.70. The average molecular weight is 343 g/mol. The van der Waals surface area contributed by atoms with E-state index in [4.69, 9.17) is 9.47 Å². The predicted molar refractivity (Wildman–Crippen MR) is 93.4 cm³/mol. The first kappa shape index (κ1) is 16.4. The number of ether oxygens (including phenoxy) is 2. The summed E-state index contributed by atoms with van der Waals surface area (Å²) in [5.41, 5.74) is 2.41. The van der Waals surface area contributed by atoms with Crippen LogP contribution in [0.1, 0.15) is 24.5 Å². The minimum absolute atomic E-state index is 0.0132. The van der Waals surface area contributed by atoms with Gasteiger partial charge in [0.25, 0.3) is 0 Å². The number of likely N-dealkylation sites (tertiary alicyclic amines) is 1. The Morgan fingerprint density at radius 1 is 1.12 bits per heavy atom. The maximum Gasteiger partial charge on any atom is 0.165 e. The van der Waals surface area contributed by atoms with Gasteiger partial charge in [0, 0.05) is 5.56 Å². The molecule has 1 fully saturated rings. The molecule has 2 aromatic rings. The third-order valence-electron chi connectivity index (χ3n) is 5.20. The highest BCUT2D eigenvalue weighted by Gasteiger charge is 2.34. The van der Waals surface area contributed by atoms with E-state index < -0.39 is 11.9 Å². The molecular formula is C20H22FNO3. The molecule has 2 atom stereocenters. The molecule has 2 heterocycles. The van der Waals surface area contributed by atoms with Gasteiger partial charge in [-0.2, -0.15) is 0 Å². The molecule has 2 aliphatic rings. The molecule has 132 valence electrons. The first-order chi connectivity index (χ1) is 12.2. The van der Waals surface area contributed by atoms with Crippen LogP contribution in [0, 0.1) is 5.82 Å². The Hall–Kier alpha value is -2.11. The molecule has 1 N–H and O–H groups in total. The summed E-state index contributed by atoms with van der Waals surface area (Å²) >= 11 is 0. The average Bonchev–Trinajstić information content (AvgIpc) is 3.16. The second kappa shape index (κ2) is 6.65. The van der Waals surface area contributed by atoms with Gasteiger partial charge in [-0.25, -0.2) is 4.39 Å². The van der Waals surface area contributed by atoms with Crippen molar-refractivity contribution in [3.8, 4) is 22.6 Å². The second-order valence-corrected chi connectivity index (χ2v) is 6.67. The second-order valence-electron chi connectivity index (χ2n) is 6.67. The Kier molecular flexibility index (Phi) is 4.36. The number of halogens is 1. The normalized spacial score (nSPS) is 23.2. The highest BCUT2D eigenvalue weighted by molar-refractivity contribution is 5.67. The zero-order valence-corrected chi connectivity index (χ0v) is 14.2. The molecule has 5 heteroatoms. The SMILES string of the molecule is COc1ccc(-c2ccc3c(c2)OC[C@@H](N2CCCC2)[C@@H]3O)cc1F. The van der Waals surface area contributed by atoms with E-state index in [2.05, 4.69) is 4.90 Å². The standard InChI is InChI=1S/C20H22FNO3/c1-24-18-7-5-13(10-16(18)21)14-4-6-15-19(11-14)25-12-17(20(15)23)22-8-2-3-9-22/h4-7,10-11,17,20,23H,2-3,8-9,12H2,1H3/t17-,20-/m1/s1. The molecule has 2 aliphatic heterocycles. The zero-order chi connectivity index (χ0) is 17.4. The van der Waals surface area contributed by atoms with Crippen molar-refractivity contribution in [3.63, 3.8) is 0 Å². The summed E-state index contributed by atoms with van der Waals surface area (Å²) in [7, 11) is 1.45. The van der Waals surface area contributed by atoms with Crippen molar-refractivity contribution in [2.45, 2.75) is 25.0 Å². The van der Waals surface area contributed by atoms with Crippen molar-refractivity contribution in [1.82, 2.24) is 4.90 Å². The van der Waals surface area contributed by atoms with Crippen molar-refractivity contribution in [3.05, 3.63) is 47.8 Å². The van der Waals surface area contributed by atoms with Crippen LogP contribution >= 0.6 is 0 Å². The van der Waals surface area contributed by atoms with E-state index >= 15 is 0 Å². The van der Waals surface area contributed by atoms with Gasteiger partial charge in [0.1, 0.15) is 18.5 Å². The number of aliphatic hydroxyl groups is 1. The van der Waals surface area contributed by atoms with Gasteiger partial charge >= 0.3 is 0 Å². The zero-order valence-electron chi connectivity index (χ0n) is 14.2. The molecule has 25 heavy (non-hydrogen) atoms. The van der Waals surface area contributed by atoms with E-state index in [9.17, 15) is 9.50 Å². The van der Waals surface area contributed by atoms with Crippen LogP contribution in [-0.2, 0) is 0 Å². The maximum absolute atomic E-state index is 14.0. The predicted octanol–water partition coefficient (Wildman–Crippen LogP) is 3.39. The molecule has 4 rings (SSSR count). The van der Waals surface area contributed by atoms with E-state index in [1.807, 2.05) is 24.3 Å². The molecule has 4 nitrogen and oxygen atoms in total. The first-order valence-electron chi connectivity index (χ1n) is 8.70. The van der Waals surface area contributed by atoms with Crippen LogP contribution in [0.2, 0.25) is 0 Å². The summed E-state index contributed by atoms with van der Waals surface area (Å²) in [4.78, 5) is 2.31. The van der Waals surface area contributed by atoms with Crippen LogP contribution in [0.15, 0.2) is 36.4 Å². The lowest BCUT2D eigenvalue weighted by atomic mass is 9.95. The molecule has 0 spiro atoms. The van der Waals surface area contributed by atoms with Gasteiger partial charge in [-0.1, -0.05) is 18.2 Å². The number of fused-ring (bicyclic) bond motifs is 1. The Morgan fingerprint density at radius 3 is 2.56 bits per heavy atom. The number of hydrogen-bond donors (Lipinski definition) is 1. The topological polar surface area (TPSA) is 41.9 Å². The van der Waals surface area contributed by atoms with Crippen molar-refractivity contribution in [2.75, 3.05) is 26.8 Å². The highest BCUT2D eigenvalue weighted by Crippen LogP contribution is 2.38. The molecule has 0 unspecified atom stereocenters. The van der Waals surface area contributed by atoms with Gasteiger partial charge < -0.3 is 14.6 Å². The molecule has 0 saturated carbocycles. The van der Waals surface area contributed by atoms with Crippen LogP contribution < -0.4 is 9.47 Å². The third kappa shape index (κ3) is 2.98. The van der Waals surface area contributed by atoms with Crippen LogP contribution in [-0.4, -0.2) is 42.9 Å². The Balaban J connectivity index is 1.62. The van der Waals surface area contributed by atoms with Gasteiger partial charge in [0.05, 0.1) is 13.2 Å². The molecule has 0 aliphatic carbocycles. The monoisotopic (exact) mass is 343 g/mol. The van der Waals surface area contributed by atoms with E-state index in [1.54, 1.807) is 6.07 Å². The molecular weight excluding hydrogens is 321 g/mol. The Labute approximate surface area is 146 Å².